The summed E-state index contributed by atoms with van der Waals surface area (Å²) in [5.74, 6) is 2.40. The molecule has 0 unspecified atom stereocenters. The van der Waals surface area contributed by atoms with Crippen LogP contribution in [0.5, 0.6) is 11.6 Å². The third-order valence-electron chi connectivity index (χ3n) is 2.21. The maximum absolute atomic E-state index is 5.71. The van der Waals surface area contributed by atoms with E-state index in [4.69, 9.17) is 10.5 Å². The van der Waals surface area contributed by atoms with Gasteiger partial charge >= 0.3 is 0 Å². The van der Waals surface area contributed by atoms with Crippen LogP contribution in [0.15, 0.2) is 36.4 Å². The molecule has 88 valence electrons. The second-order valence-electron chi connectivity index (χ2n) is 3.71. The lowest BCUT2D eigenvalue weighted by Gasteiger charge is -2.06. The van der Waals surface area contributed by atoms with Crippen molar-refractivity contribution < 1.29 is 4.74 Å². The summed E-state index contributed by atoms with van der Waals surface area (Å²) in [5.41, 5.74) is 5.71. The van der Waals surface area contributed by atoms with E-state index in [2.05, 4.69) is 16.9 Å². The highest BCUT2D eigenvalue weighted by Gasteiger charge is 2.04. The molecule has 0 aliphatic carbocycles. The number of hydrogen-bond donors (Lipinski definition) is 1. The fourth-order valence-corrected chi connectivity index (χ4v) is 1.49. The Kier molecular flexibility index (Phi) is 3.55. The lowest BCUT2D eigenvalue weighted by atomic mass is 10.3. The number of benzene rings is 1. The Morgan fingerprint density at radius 2 is 1.94 bits per heavy atom. The summed E-state index contributed by atoms with van der Waals surface area (Å²) in [4.78, 5) is 8.46. The van der Waals surface area contributed by atoms with Crippen LogP contribution in [0.25, 0.3) is 0 Å². The Balaban J connectivity index is 2.21. The largest absolute Gasteiger partial charge is 0.439 e. The minimum atomic E-state index is 0.439. The molecule has 1 heterocycles. The number of aryl methyl sites for hydroxylation is 1. The fraction of sp³-hybridized carbons (Fsp3) is 0.231. The summed E-state index contributed by atoms with van der Waals surface area (Å²) in [6.07, 6.45) is 1.78. The predicted octanol–water partition coefficient (Wildman–Crippen LogP) is 2.80. The summed E-state index contributed by atoms with van der Waals surface area (Å²) in [5, 5.41) is 0. The first kappa shape index (κ1) is 11.4. The Hall–Kier alpha value is -2.10. The van der Waals surface area contributed by atoms with Crippen LogP contribution in [-0.4, -0.2) is 9.97 Å². The van der Waals surface area contributed by atoms with Crippen molar-refractivity contribution in [1.82, 2.24) is 9.97 Å². The van der Waals surface area contributed by atoms with Gasteiger partial charge in [0, 0.05) is 12.5 Å². The number of nitrogens with two attached hydrogens (primary N) is 1. The molecule has 2 aromatic rings. The molecule has 0 bridgehead atoms. The third kappa shape index (κ3) is 3.17. The summed E-state index contributed by atoms with van der Waals surface area (Å²) in [6.45, 7) is 2.07. The van der Waals surface area contributed by atoms with E-state index in [1.54, 1.807) is 6.07 Å². The number of nitrogens with zero attached hydrogens (tertiary/aromatic N) is 2. The van der Waals surface area contributed by atoms with Gasteiger partial charge in [0.2, 0.25) is 5.88 Å². The zero-order chi connectivity index (χ0) is 12.1. The zero-order valence-corrected chi connectivity index (χ0v) is 9.76. The minimum absolute atomic E-state index is 0.439. The number of hydrogen-bond acceptors (Lipinski definition) is 4. The van der Waals surface area contributed by atoms with Crippen molar-refractivity contribution >= 4 is 5.82 Å². The van der Waals surface area contributed by atoms with E-state index in [-0.39, 0.29) is 0 Å². The molecular formula is C13H15N3O. The van der Waals surface area contributed by atoms with Gasteiger partial charge in [-0.25, -0.2) is 4.98 Å². The molecule has 4 nitrogen and oxygen atoms in total. The summed E-state index contributed by atoms with van der Waals surface area (Å²) in [7, 11) is 0. The molecule has 0 spiro atoms. The number of aromatic nitrogens is 2. The summed E-state index contributed by atoms with van der Waals surface area (Å²) in [6, 6.07) is 11.1. The van der Waals surface area contributed by atoms with Crippen molar-refractivity contribution in [2.45, 2.75) is 19.8 Å². The van der Waals surface area contributed by atoms with Crippen LogP contribution in [0, 0.1) is 0 Å². The van der Waals surface area contributed by atoms with Gasteiger partial charge < -0.3 is 10.5 Å². The van der Waals surface area contributed by atoms with E-state index in [0.717, 1.165) is 24.4 Å². The number of para-hydroxylation sites is 1. The summed E-state index contributed by atoms with van der Waals surface area (Å²) < 4.78 is 5.62. The van der Waals surface area contributed by atoms with Crippen LogP contribution in [0.2, 0.25) is 0 Å². The van der Waals surface area contributed by atoms with Crippen molar-refractivity contribution in [2.24, 2.45) is 0 Å². The number of nitrogen functional groups attached to an aromatic ring is 1. The Morgan fingerprint density at radius 3 is 2.65 bits per heavy atom. The first-order valence-corrected chi connectivity index (χ1v) is 5.64. The lowest BCUT2D eigenvalue weighted by Crippen LogP contribution is -2.01. The van der Waals surface area contributed by atoms with Gasteiger partial charge in [-0.15, -0.1) is 0 Å². The highest BCUT2D eigenvalue weighted by molar-refractivity contribution is 5.35. The first-order valence-electron chi connectivity index (χ1n) is 5.64. The highest BCUT2D eigenvalue weighted by atomic mass is 16.5. The maximum Gasteiger partial charge on any atom is 0.224 e. The van der Waals surface area contributed by atoms with Gasteiger partial charge in [0.1, 0.15) is 17.4 Å². The van der Waals surface area contributed by atoms with Crippen LogP contribution >= 0.6 is 0 Å². The van der Waals surface area contributed by atoms with Crippen LogP contribution in [-0.2, 0) is 6.42 Å². The topological polar surface area (TPSA) is 61.0 Å². The second-order valence-corrected chi connectivity index (χ2v) is 3.71. The molecule has 17 heavy (non-hydrogen) atoms. The van der Waals surface area contributed by atoms with Crippen LogP contribution in [0.4, 0.5) is 5.82 Å². The van der Waals surface area contributed by atoms with E-state index in [0.29, 0.717) is 11.7 Å². The van der Waals surface area contributed by atoms with Gasteiger partial charge in [0.15, 0.2) is 0 Å². The van der Waals surface area contributed by atoms with Gasteiger partial charge in [-0.05, 0) is 18.6 Å². The summed E-state index contributed by atoms with van der Waals surface area (Å²) >= 11 is 0. The number of rotatable bonds is 4. The monoisotopic (exact) mass is 229 g/mol. The van der Waals surface area contributed by atoms with Crippen molar-refractivity contribution in [1.29, 1.82) is 0 Å². The molecular weight excluding hydrogens is 214 g/mol. The molecule has 2 N–H and O–H groups in total. The van der Waals surface area contributed by atoms with Crippen molar-refractivity contribution in [3.05, 3.63) is 42.2 Å². The lowest BCUT2D eigenvalue weighted by molar-refractivity contribution is 0.459. The standard InChI is InChI=1S/C13H15N3O/c1-2-6-12-15-11(14)9-13(16-12)17-10-7-4-3-5-8-10/h3-5,7-9H,2,6H2,1H3,(H2,14,15,16). The van der Waals surface area contributed by atoms with E-state index in [9.17, 15) is 0 Å². The molecule has 0 radical (unpaired) electrons. The molecule has 0 aliphatic heterocycles. The highest BCUT2D eigenvalue weighted by Crippen LogP contribution is 2.20. The minimum Gasteiger partial charge on any atom is -0.439 e. The van der Waals surface area contributed by atoms with Gasteiger partial charge in [0.05, 0.1) is 0 Å². The molecule has 0 saturated heterocycles. The zero-order valence-electron chi connectivity index (χ0n) is 9.76. The predicted molar refractivity (Wildman–Crippen MR) is 67.0 cm³/mol. The molecule has 1 aromatic carbocycles. The smallest absolute Gasteiger partial charge is 0.224 e. The van der Waals surface area contributed by atoms with E-state index in [1.165, 1.54) is 0 Å². The van der Waals surface area contributed by atoms with Crippen LogP contribution in [0.1, 0.15) is 19.2 Å². The molecule has 0 atom stereocenters. The van der Waals surface area contributed by atoms with Gasteiger partial charge in [0.25, 0.3) is 0 Å². The molecule has 0 aliphatic rings. The normalized spacial score (nSPS) is 10.2. The Morgan fingerprint density at radius 1 is 1.18 bits per heavy atom. The molecule has 4 heteroatoms. The Labute approximate surface area is 100 Å². The molecule has 0 fully saturated rings. The van der Waals surface area contributed by atoms with E-state index < -0.39 is 0 Å². The fourth-order valence-electron chi connectivity index (χ4n) is 1.49. The maximum atomic E-state index is 5.71. The third-order valence-corrected chi connectivity index (χ3v) is 2.21. The number of ether oxygens (including phenoxy) is 1. The van der Waals surface area contributed by atoms with Crippen LogP contribution < -0.4 is 10.5 Å². The Bertz CT molecular complexity index is 485. The number of anilines is 1. The average Bonchev–Trinajstić information content (AvgIpc) is 2.30. The van der Waals surface area contributed by atoms with E-state index in [1.807, 2.05) is 30.3 Å². The van der Waals surface area contributed by atoms with Gasteiger partial charge in [-0.1, -0.05) is 25.1 Å². The van der Waals surface area contributed by atoms with Crippen molar-refractivity contribution in [3.8, 4) is 11.6 Å². The quantitative estimate of drug-likeness (QED) is 0.875. The van der Waals surface area contributed by atoms with Crippen molar-refractivity contribution in [2.75, 3.05) is 5.73 Å². The molecule has 0 amide bonds. The second kappa shape index (κ2) is 5.30. The van der Waals surface area contributed by atoms with Crippen molar-refractivity contribution in [3.63, 3.8) is 0 Å². The molecule has 2 rings (SSSR count). The molecule has 1 aromatic heterocycles. The average molecular weight is 229 g/mol. The van der Waals surface area contributed by atoms with Gasteiger partial charge in [-0.2, -0.15) is 4.98 Å². The SMILES string of the molecule is CCCc1nc(N)cc(Oc2ccccc2)n1. The van der Waals surface area contributed by atoms with Gasteiger partial charge in [-0.3, -0.25) is 0 Å². The first-order chi connectivity index (χ1) is 8.28. The van der Waals surface area contributed by atoms with E-state index >= 15 is 0 Å². The molecule has 0 saturated carbocycles. The van der Waals surface area contributed by atoms with Crippen LogP contribution in [0.3, 0.4) is 0 Å².